The molecule has 2 aromatic rings. The standard InChI is InChI=1S/C20H16N4O5S/c25-18(7-6-14-3-1-5-16(11-14)24(28)29)22-9-10-23-19(26)17(30-20(23)27)12-15-4-2-8-21-13-15/h1-8,11-13H,9-10H2,(H,22,25)/b7-6+,17-12+. The summed E-state index contributed by atoms with van der Waals surface area (Å²) < 4.78 is 0. The van der Waals surface area contributed by atoms with E-state index in [1.165, 1.54) is 30.4 Å². The van der Waals surface area contributed by atoms with Gasteiger partial charge in [0.1, 0.15) is 0 Å². The Morgan fingerprint density at radius 3 is 2.77 bits per heavy atom. The quantitative estimate of drug-likeness (QED) is 0.412. The molecule has 0 saturated carbocycles. The zero-order valence-electron chi connectivity index (χ0n) is 15.6. The third-order valence-electron chi connectivity index (χ3n) is 4.00. The van der Waals surface area contributed by atoms with E-state index >= 15 is 0 Å². The summed E-state index contributed by atoms with van der Waals surface area (Å²) in [7, 11) is 0. The number of amides is 3. The first-order valence-corrected chi connectivity index (χ1v) is 9.61. The molecule has 0 radical (unpaired) electrons. The van der Waals surface area contributed by atoms with Crippen LogP contribution in [0.3, 0.4) is 0 Å². The van der Waals surface area contributed by atoms with E-state index in [1.807, 2.05) is 0 Å². The molecule has 1 saturated heterocycles. The maximum Gasteiger partial charge on any atom is 0.293 e. The highest BCUT2D eigenvalue weighted by Crippen LogP contribution is 2.31. The van der Waals surface area contributed by atoms with Crippen molar-refractivity contribution in [2.24, 2.45) is 0 Å². The van der Waals surface area contributed by atoms with Gasteiger partial charge in [0.15, 0.2) is 0 Å². The number of thioether (sulfide) groups is 1. The molecule has 1 N–H and O–H groups in total. The van der Waals surface area contributed by atoms with Crippen molar-refractivity contribution in [3.8, 4) is 0 Å². The first-order valence-electron chi connectivity index (χ1n) is 8.80. The van der Waals surface area contributed by atoms with Crippen LogP contribution in [0.1, 0.15) is 11.1 Å². The van der Waals surface area contributed by atoms with Crippen LogP contribution in [0, 0.1) is 10.1 Å². The molecule has 1 fully saturated rings. The number of hydrogen-bond acceptors (Lipinski definition) is 7. The lowest BCUT2D eigenvalue weighted by atomic mass is 10.2. The number of benzene rings is 1. The van der Waals surface area contributed by atoms with E-state index < -0.39 is 22.0 Å². The minimum Gasteiger partial charge on any atom is -0.351 e. The number of hydrogen-bond donors (Lipinski definition) is 1. The van der Waals surface area contributed by atoms with E-state index in [9.17, 15) is 24.5 Å². The zero-order valence-corrected chi connectivity index (χ0v) is 16.4. The fourth-order valence-electron chi connectivity index (χ4n) is 2.57. The van der Waals surface area contributed by atoms with Crippen LogP contribution in [0.25, 0.3) is 12.2 Å². The molecular formula is C20H16N4O5S. The number of pyridine rings is 1. The van der Waals surface area contributed by atoms with Crippen molar-refractivity contribution in [2.45, 2.75) is 0 Å². The molecule has 0 unspecified atom stereocenters. The summed E-state index contributed by atoms with van der Waals surface area (Å²) in [5.74, 6) is -0.866. The van der Waals surface area contributed by atoms with E-state index in [1.54, 1.807) is 36.7 Å². The Labute approximate surface area is 175 Å². The molecule has 30 heavy (non-hydrogen) atoms. The van der Waals surface area contributed by atoms with Gasteiger partial charge in [0, 0.05) is 43.7 Å². The number of carbonyl (C=O) groups is 3. The number of nitrogens with one attached hydrogen (secondary N) is 1. The third-order valence-corrected chi connectivity index (χ3v) is 4.91. The predicted molar refractivity (Wildman–Crippen MR) is 112 cm³/mol. The Bertz CT molecular complexity index is 1050. The molecular weight excluding hydrogens is 408 g/mol. The second-order valence-corrected chi connectivity index (χ2v) is 7.09. The first-order chi connectivity index (χ1) is 14.4. The van der Waals surface area contributed by atoms with Gasteiger partial charge in [-0.3, -0.25) is 34.4 Å². The van der Waals surface area contributed by atoms with Crippen molar-refractivity contribution >= 4 is 46.7 Å². The van der Waals surface area contributed by atoms with Gasteiger partial charge < -0.3 is 5.32 Å². The highest BCUT2D eigenvalue weighted by molar-refractivity contribution is 8.18. The van der Waals surface area contributed by atoms with Gasteiger partial charge in [-0.05, 0) is 41.1 Å². The molecule has 0 bridgehead atoms. The van der Waals surface area contributed by atoms with Gasteiger partial charge in [-0.15, -0.1) is 0 Å². The van der Waals surface area contributed by atoms with Crippen molar-refractivity contribution in [1.82, 2.24) is 15.2 Å². The van der Waals surface area contributed by atoms with E-state index in [2.05, 4.69) is 10.3 Å². The summed E-state index contributed by atoms with van der Waals surface area (Å²) in [5.41, 5.74) is 1.14. The molecule has 0 aliphatic carbocycles. The van der Waals surface area contributed by atoms with Gasteiger partial charge >= 0.3 is 0 Å². The van der Waals surface area contributed by atoms with Crippen molar-refractivity contribution in [3.63, 3.8) is 0 Å². The lowest BCUT2D eigenvalue weighted by Gasteiger charge is -2.12. The third kappa shape index (κ3) is 5.39. The van der Waals surface area contributed by atoms with Gasteiger partial charge in [0.05, 0.1) is 9.83 Å². The average molecular weight is 424 g/mol. The van der Waals surface area contributed by atoms with Crippen LogP contribution in [0.4, 0.5) is 10.5 Å². The minimum absolute atomic E-state index is 0.0332. The van der Waals surface area contributed by atoms with E-state index in [4.69, 9.17) is 0 Å². The predicted octanol–water partition coefficient (Wildman–Crippen LogP) is 2.86. The van der Waals surface area contributed by atoms with Crippen LogP contribution in [0.15, 0.2) is 59.8 Å². The monoisotopic (exact) mass is 424 g/mol. The van der Waals surface area contributed by atoms with Crippen LogP contribution in [0.5, 0.6) is 0 Å². The van der Waals surface area contributed by atoms with Gasteiger partial charge in [-0.1, -0.05) is 18.2 Å². The summed E-state index contributed by atoms with van der Waals surface area (Å²) in [6.45, 7) is 0.113. The summed E-state index contributed by atoms with van der Waals surface area (Å²) in [5, 5.41) is 12.9. The van der Waals surface area contributed by atoms with Crippen LogP contribution < -0.4 is 5.32 Å². The number of rotatable bonds is 7. The Kier molecular flexibility index (Phi) is 6.71. The normalized spacial score (nSPS) is 15.2. The summed E-state index contributed by atoms with van der Waals surface area (Å²) in [6.07, 6.45) is 7.47. The molecule has 2 heterocycles. The highest BCUT2D eigenvalue weighted by atomic mass is 32.2. The van der Waals surface area contributed by atoms with Crippen LogP contribution in [-0.4, -0.2) is 45.0 Å². The maximum absolute atomic E-state index is 12.4. The fraction of sp³-hybridized carbons (Fsp3) is 0.100. The van der Waals surface area contributed by atoms with Crippen molar-refractivity contribution in [2.75, 3.05) is 13.1 Å². The van der Waals surface area contributed by atoms with Gasteiger partial charge in [0.25, 0.3) is 16.8 Å². The molecule has 3 rings (SSSR count). The van der Waals surface area contributed by atoms with Crippen LogP contribution in [0.2, 0.25) is 0 Å². The fourth-order valence-corrected chi connectivity index (χ4v) is 3.43. The molecule has 1 aliphatic rings. The Morgan fingerprint density at radius 2 is 2.03 bits per heavy atom. The maximum atomic E-state index is 12.4. The molecule has 1 aliphatic heterocycles. The van der Waals surface area contributed by atoms with Crippen molar-refractivity contribution in [1.29, 1.82) is 0 Å². The number of non-ortho nitro benzene ring substituents is 1. The molecule has 0 atom stereocenters. The Balaban J connectivity index is 1.52. The molecule has 152 valence electrons. The van der Waals surface area contributed by atoms with Crippen LogP contribution in [-0.2, 0) is 9.59 Å². The molecule has 3 amide bonds. The van der Waals surface area contributed by atoms with Crippen molar-refractivity contribution < 1.29 is 19.3 Å². The van der Waals surface area contributed by atoms with Gasteiger partial charge in [-0.25, -0.2) is 0 Å². The SMILES string of the molecule is O=C(/C=C/c1cccc([N+](=O)[O-])c1)NCCN1C(=O)S/C(=C/c2cccnc2)C1=O. The van der Waals surface area contributed by atoms with E-state index in [0.717, 1.165) is 16.7 Å². The van der Waals surface area contributed by atoms with E-state index in [-0.39, 0.29) is 18.8 Å². The van der Waals surface area contributed by atoms with Crippen LogP contribution >= 0.6 is 11.8 Å². The largest absolute Gasteiger partial charge is 0.351 e. The number of nitro groups is 1. The molecule has 1 aromatic carbocycles. The summed E-state index contributed by atoms with van der Waals surface area (Å²) in [4.78, 5) is 52.0. The smallest absolute Gasteiger partial charge is 0.293 e. The number of imide groups is 1. The van der Waals surface area contributed by atoms with Gasteiger partial charge in [0.2, 0.25) is 5.91 Å². The average Bonchev–Trinajstić information content (AvgIpc) is 3.00. The lowest BCUT2D eigenvalue weighted by Crippen LogP contribution is -2.36. The Morgan fingerprint density at radius 1 is 1.23 bits per heavy atom. The molecule has 9 nitrogen and oxygen atoms in total. The van der Waals surface area contributed by atoms with Gasteiger partial charge in [-0.2, -0.15) is 0 Å². The minimum atomic E-state index is -0.517. The number of aromatic nitrogens is 1. The number of nitro benzene ring substituents is 1. The summed E-state index contributed by atoms with van der Waals surface area (Å²) in [6, 6.07) is 9.36. The topological polar surface area (TPSA) is 123 Å². The zero-order chi connectivity index (χ0) is 21.5. The van der Waals surface area contributed by atoms with E-state index in [0.29, 0.717) is 16.0 Å². The molecule has 1 aromatic heterocycles. The lowest BCUT2D eigenvalue weighted by molar-refractivity contribution is -0.384. The second kappa shape index (κ2) is 9.61. The second-order valence-electron chi connectivity index (χ2n) is 6.10. The molecule has 0 spiro atoms. The molecule has 10 heteroatoms. The Hall–Kier alpha value is -3.79. The highest BCUT2D eigenvalue weighted by Gasteiger charge is 2.34. The number of nitrogens with zero attached hydrogens (tertiary/aromatic N) is 3. The van der Waals surface area contributed by atoms with Crippen molar-refractivity contribution in [3.05, 3.63) is 81.0 Å². The first kappa shape index (κ1) is 20.9. The summed E-state index contributed by atoms with van der Waals surface area (Å²) >= 11 is 0.836. The number of carbonyl (C=O) groups excluding carboxylic acids is 3.